The fourth-order valence-corrected chi connectivity index (χ4v) is 2.96. The quantitative estimate of drug-likeness (QED) is 0.689. The van der Waals surface area contributed by atoms with Gasteiger partial charge in [0.05, 0.1) is 18.9 Å². The van der Waals surface area contributed by atoms with Gasteiger partial charge in [-0.2, -0.15) is 0 Å². The Morgan fingerprint density at radius 2 is 2.08 bits per heavy atom. The molecular weight excluding hydrogens is 348 g/mol. The number of carbonyl (C=O) groups is 1. The van der Waals surface area contributed by atoms with Crippen molar-refractivity contribution < 1.29 is 9.53 Å². The Morgan fingerprint density at radius 3 is 2.75 bits per heavy atom. The number of halogens is 1. The number of hydrogen-bond donors (Lipinski definition) is 1. The van der Waals surface area contributed by atoms with Gasteiger partial charge in [-0.3, -0.25) is 9.36 Å². The maximum absolute atomic E-state index is 11.8. The van der Waals surface area contributed by atoms with Crippen LogP contribution in [0.2, 0.25) is 5.02 Å². The first kappa shape index (κ1) is 18.8. The average molecular weight is 369 g/mol. The third kappa shape index (κ3) is 5.22. The predicted octanol–water partition coefficient (Wildman–Crippen LogP) is 2.86. The molecule has 0 radical (unpaired) electrons. The van der Waals surface area contributed by atoms with E-state index in [2.05, 4.69) is 15.5 Å². The number of aromatic nitrogens is 3. The second kappa shape index (κ2) is 9.66. The van der Waals surface area contributed by atoms with Crippen molar-refractivity contribution in [2.24, 2.45) is 0 Å². The van der Waals surface area contributed by atoms with Gasteiger partial charge < -0.3 is 10.1 Å². The van der Waals surface area contributed by atoms with Crippen molar-refractivity contribution >= 4 is 29.3 Å². The fraction of sp³-hybridized carbons (Fsp3) is 0.438. The highest BCUT2D eigenvalue weighted by Crippen LogP contribution is 2.25. The lowest BCUT2D eigenvalue weighted by molar-refractivity contribution is -0.118. The first-order valence-electron chi connectivity index (χ1n) is 7.73. The highest BCUT2D eigenvalue weighted by molar-refractivity contribution is 7.99. The van der Waals surface area contributed by atoms with Crippen LogP contribution in [0.4, 0.5) is 0 Å². The van der Waals surface area contributed by atoms with Gasteiger partial charge in [0.25, 0.3) is 0 Å². The lowest BCUT2D eigenvalue weighted by Gasteiger charge is -2.10. The van der Waals surface area contributed by atoms with Gasteiger partial charge in [-0.05, 0) is 30.7 Å². The molecule has 24 heavy (non-hydrogen) atoms. The monoisotopic (exact) mass is 368 g/mol. The van der Waals surface area contributed by atoms with E-state index in [9.17, 15) is 4.79 Å². The third-order valence-corrected chi connectivity index (χ3v) is 4.46. The molecule has 0 spiro atoms. The van der Waals surface area contributed by atoms with Gasteiger partial charge in [-0.1, -0.05) is 30.3 Å². The Bertz CT molecular complexity index is 661. The summed E-state index contributed by atoms with van der Waals surface area (Å²) in [5.74, 6) is 1.04. The van der Waals surface area contributed by atoms with Gasteiger partial charge in [-0.25, -0.2) is 0 Å². The van der Waals surface area contributed by atoms with Crippen LogP contribution < -0.4 is 5.32 Å². The summed E-state index contributed by atoms with van der Waals surface area (Å²) in [6.45, 7) is 3.85. The van der Waals surface area contributed by atoms with Gasteiger partial charge in [-0.15, -0.1) is 10.2 Å². The van der Waals surface area contributed by atoms with Crippen LogP contribution in [0.3, 0.4) is 0 Å². The van der Waals surface area contributed by atoms with Gasteiger partial charge in [0.15, 0.2) is 11.0 Å². The molecule has 0 atom stereocenters. The minimum absolute atomic E-state index is 0.00353. The minimum atomic E-state index is -0.00353. The summed E-state index contributed by atoms with van der Waals surface area (Å²) in [6.07, 6.45) is 0.918. The second-order valence-corrected chi connectivity index (χ2v) is 6.48. The molecule has 8 heteroatoms. The van der Waals surface area contributed by atoms with Crippen molar-refractivity contribution in [2.45, 2.75) is 25.0 Å². The number of benzene rings is 1. The van der Waals surface area contributed by atoms with Crippen molar-refractivity contribution in [3.8, 4) is 11.4 Å². The average Bonchev–Trinajstić information content (AvgIpc) is 2.99. The zero-order valence-corrected chi connectivity index (χ0v) is 15.4. The second-order valence-electron chi connectivity index (χ2n) is 5.10. The molecule has 1 aromatic heterocycles. The number of carbonyl (C=O) groups excluding carboxylic acids is 1. The molecule has 1 heterocycles. The van der Waals surface area contributed by atoms with Crippen LogP contribution in [-0.2, 0) is 16.1 Å². The standard InChI is InChI=1S/C16H21ClN4O2S/c1-3-8-18-14(22)11-24-16-20-19-15(21(16)9-10-23-2)12-4-6-13(17)7-5-12/h4-7H,3,8-11H2,1-2H3,(H,18,22). The summed E-state index contributed by atoms with van der Waals surface area (Å²) in [6, 6.07) is 7.44. The van der Waals surface area contributed by atoms with Crippen LogP contribution in [0.5, 0.6) is 0 Å². The van der Waals surface area contributed by atoms with Crippen molar-refractivity contribution in [3.05, 3.63) is 29.3 Å². The van der Waals surface area contributed by atoms with Crippen LogP contribution in [0.1, 0.15) is 13.3 Å². The molecule has 0 saturated carbocycles. The predicted molar refractivity (Wildman–Crippen MR) is 96.4 cm³/mol. The largest absolute Gasteiger partial charge is 0.383 e. The number of methoxy groups -OCH3 is 1. The fourth-order valence-electron chi connectivity index (χ4n) is 2.04. The van der Waals surface area contributed by atoms with E-state index < -0.39 is 0 Å². The Kier molecular flexibility index (Phi) is 7.55. The molecule has 1 amide bonds. The smallest absolute Gasteiger partial charge is 0.230 e. The van der Waals surface area contributed by atoms with Crippen molar-refractivity contribution in [1.29, 1.82) is 0 Å². The Morgan fingerprint density at radius 1 is 1.33 bits per heavy atom. The van der Waals surface area contributed by atoms with E-state index in [-0.39, 0.29) is 5.91 Å². The maximum atomic E-state index is 11.8. The number of hydrogen-bond acceptors (Lipinski definition) is 5. The van der Waals surface area contributed by atoms with Crippen molar-refractivity contribution in [2.75, 3.05) is 26.0 Å². The van der Waals surface area contributed by atoms with Gasteiger partial charge >= 0.3 is 0 Å². The van der Waals surface area contributed by atoms with Crippen molar-refractivity contribution in [1.82, 2.24) is 20.1 Å². The van der Waals surface area contributed by atoms with Crippen LogP contribution >= 0.6 is 23.4 Å². The summed E-state index contributed by atoms with van der Waals surface area (Å²) in [4.78, 5) is 11.8. The van der Waals surface area contributed by atoms with Crippen LogP contribution in [0, 0.1) is 0 Å². The van der Waals surface area contributed by atoms with Gasteiger partial charge in [0.1, 0.15) is 0 Å². The van der Waals surface area contributed by atoms with E-state index in [1.165, 1.54) is 11.8 Å². The molecule has 0 aliphatic rings. The summed E-state index contributed by atoms with van der Waals surface area (Å²) in [5.41, 5.74) is 0.922. The molecule has 0 unspecified atom stereocenters. The first-order chi connectivity index (χ1) is 11.7. The number of nitrogens with zero attached hydrogens (tertiary/aromatic N) is 3. The summed E-state index contributed by atoms with van der Waals surface area (Å²) < 4.78 is 7.14. The van der Waals surface area contributed by atoms with Crippen LogP contribution in [0.15, 0.2) is 29.4 Å². The molecule has 6 nitrogen and oxygen atoms in total. The van der Waals surface area contributed by atoms with Gasteiger partial charge in [0.2, 0.25) is 5.91 Å². The Hall–Kier alpha value is -1.57. The normalized spacial score (nSPS) is 10.8. The number of thioether (sulfide) groups is 1. The molecule has 2 rings (SSSR count). The van der Waals surface area contributed by atoms with E-state index in [0.717, 1.165) is 17.8 Å². The van der Waals surface area contributed by atoms with E-state index in [1.807, 2.05) is 35.8 Å². The van der Waals surface area contributed by atoms with E-state index >= 15 is 0 Å². The summed E-state index contributed by atoms with van der Waals surface area (Å²) in [7, 11) is 1.65. The lowest BCUT2D eigenvalue weighted by atomic mass is 10.2. The molecule has 0 aliphatic carbocycles. The topological polar surface area (TPSA) is 69.0 Å². The highest BCUT2D eigenvalue weighted by Gasteiger charge is 2.15. The highest BCUT2D eigenvalue weighted by atomic mass is 35.5. The zero-order chi connectivity index (χ0) is 17.4. The number of nitrogens with one attached hydrogen (secondary N) is 1. The maximum Gasteiger partial charge on any atom is 0.230 e. The minimum Gasteiger partial charge on any atom is -0.383 e. The Balaban J connectivity index is 2.15. The van der Waals surface area contributed by atoms with E-state index in [4.69, 9.17) is 16.3 Å². The molecule has 0 saturated heterocycles. The molecule has 1 aromatic carbocycles. The molecule has 2 aromatic rings. The summed E-state index contributed by atoms with van der Waals surface area (Å²) in [5, 5.41) is 12.7. The zero-order valence-electron chi connectivity index (χ0n) is 13.8. The number of rotatable bonds is 9. The van der Waals surface area contributed by atoms with Crippen LogP contribution in [-0.4, -0.2) is 46.7 Å². The number of amides is 1. The molecule has 1 N–H and O–H groups in total. The van der Waals surface area contributed by atoms with Gasteiger partial charge in [0, 0.05) is 24.2 Å². The first-order valence-corrected chi connectivity index (χ1v) is 9.09. The SMILES string of the molecule is CCCNC(=O)CSc1nnc(-c2ccc(Cl)cc2)n1CCOC. The van der Waals surface area contributed by atoms with E-state index in [1.54, 1.807) is 7.11 Å². The molecule has 130 valence electrons. The molecular formula is C16H21ClN4O2S. The van der Waals surface area contributed by atoms with E-state index in [0.29, 0.717) is 35.6 Å². The lowest BCUT2D eigenvalue weighted by Crippen LogP contribution is -2.25. The molecule has 0 fully saturated rings. The molecule has 0 aliphatic heterocycles. The number of ether oxygens (including phenoxy) is 1. The summed E-state index contributed by atoms with van der Waals surface area (Å²) >= 11 is 7.31. The van der Waals surface area contributed by atoms with Crippen LogP contribution in [0.25, 0.3) is 11.4 Å². The van der Waals surface area contributed by atoms with Crippen molar-refractivity contribution in [3.63, 3.8) is 0 Å². The Labute approximate surface area is 150 Å². The third-order valence-electron chi connectivity index (χ3n) is 3.24. The molecule has 0 bridgehead atoms.